The van der Waals surface area contributed by atoms with Crippen molar-refractivity contribution in [3.63, 3.8) is 0 Å². The molecule has 0 radical (unpaired) electrons. The molecule has 0 atom stereocenters. The first-order chi connectivity index (χ1) is 17.2. The number of thiophene rings is 1. The second kappa shape index (κ2) is 9.72. The lowest BCUT2D eigenvalue weighted by Gasteiger charge is -2.25. The number of anilines is 1. The number of benzene rings is 2. The van der Waals surface area contributed by atoms with E-state index < -0.39 is 0 Å². The van der Waals surface area contributed by atoms with Crippen molar-refractivity contribution in [2.45, 2.75) is 32.9 Å². The number of hydrogen-bond acceptors (Lipinski definition) is 6. The van der Waals surface area contributed by atoms with Gasteiger partial charge >= 0.3 is 0 Å². The maximum Gasteiger partial charge on any atom is 0.262 e. The van der Waals surface area contributed by atoms with Gasteiger partial charge in [-0.1, -0.05) is 43.3 Å². The normalized spacial score (nSPS) is 17.7. The summed E-state index contributed by atoms with van der Waals surface area (Å²) >= 11 is 1.72. The zero-order valence-electron chi connectivity index (χ0n) is 20.4. The van der Waals surface area contributed by atoms with E-state index in [4.69, 9.17) is 4.98 Å². The molecular weight excluding hydrogens is 454 g/mol. The highest BCUT2D eigenvalue weighted by Crippen LogP contribution is 2.32. The van der Waals surface area contributed by atoms with E-state index in [-0.39, 0.29) is 5.56 Å². The minimum absolute atomic E-state index is 0.137. The van der Waals surface area contributed by atoms with Crippen molar-refractivity contribution in [1.82, 2.24) is 19.4 Å². The van der Waals surface area contributed by atoms with Gasteiger partial charge < -0.3 is 4.90 Å². The Balaban J connectivity index is 1.16. The third-order valence-electron chi connectivity index (χ3n) is 7.70. The molecule has 1 saturated heterocycles. The van der Waals surface area contributed by atoms with Crippen LogP contribution >= 0.6 is 11.3 Å². The lowest BCUT2D eigenvalue weighted by molar-refractivity contribution is 0.271. The van der Waals surface area contributed by atoms with Crippen LogP contribution in [-0.4, -0.2) is 65.2 Å². The van der Waals surface area contributed by atoms with E-state index >= 15 is 0 Å². The fraction of sp³-hybridized carbons (Fsp3) is 0.429. The number of nitrogens with zero attached hydrogens (tertiary/aromatic N) is 5. The van der Waals surface area contributed by atoms with Gasteiger partial charge in [0.1, 0.15) is 4.83 Å². The largest absolute Gasteiger partial charge is 0.370 e. The van der Waals surface area contributed by atoms with Crippen LogP contribution < -0.4 is 10.5 Å². The maximum absolute atomic E-state index is 13.4. The summed E-state index contributed by atoms with van der Waals surface area (Å²) in [7, 11) is 0. The van der Waals surface area contributed by atoms with Crippen molar-refractivity contribution >= 4 is 38.0 Å². The molecule has 35 heavy (non-hydrogen) atoms. The summed E-state index contributed by atoms with van der Waals surface area (Å²) in [6.45, 7) is 10.9. The smallest absolute Gasteiger partial charge is 0.262 e. The highest BCUT2D eigenvalue weighted by Gasteiger charge is 2.23. The molecule has 6 rings (SSSR count). The fourth-order valence-electron chi connectivity index (χ4n) is 5.66. The summed E-state index contributed by atoms with van der Waals surface area (Å²) in [5.74, 6) is 0. The quantitative estimate of drug-likeness (QED) is 0.422. The average molecular weight is 488 g/mol. The van der Waals surface area contributed by atoms with E-state index in [9.17, 15) is 4.79 Å². The van der Waals surface area contributed by atoms with Gasteiger partial charge in [0.2, 0.25) is 0 Å². The summed E-state index contributed by atoms with van der Waals surface area (Å²) < 4.78 is 1.84. The lowest BCUT2D eigenvalue weighted by Crippen LogP contribution is -2.35. The molecule has 2 aliphatic heterocycles. The SMILES string of the molecule is CCN1CCc2sc3ncn(CCN4CCCN(c5cccc6ccccc56)CC4)c(=O)c3c2C1. The Morgan fingerprint density at radius 2 is 1.83 bits per heavy atom. The van der Waals surface area contributed by atoms with Gasteiger partial charge in [-0.2, -0.15) is 0 Å². The van der Waals surface area contributed by atoms with Crippen LogP contribution in [0.5, 0.6) is 0 Å². The summed E-state index contributed by atoms with van der Waals surface area (Å²) in [5, 5.41) is 3.49. The molecule has 0 unspecified atom stereocenters. The van der Waals surface area contributed by atoms with E-state index in [2.05, 4.69) is 64.1 Å². The van der Waals surface area contributed by atoms with E-state index in [1.54, 1.807) is 17.7 Å². The first kappa shape index (κ1) is 22.7. The molecule has 0 aliphatic carbocycles. The third kappa shape index (κ3) is 4.37. The van der Waals surface area contributed by atoms with Crippen LogP contribution in [-0.2, 0) is 19.5 Å². The van der Waals surface area contributed by atoms with Crippen molar-refractivity contribution in [3.8, 4) is 0 Å². The fourth-order valence-corrected chi connectivity index (χ4v) is 6.79. The Kier molecular flexibility index (Phi) is 6.31. The first-order valence-corrected chi connectivity index (χ1v) is 13.7. The molecule has 4 heterocycles. The van der Waals surface area contributed by atoms with Crippen LogP contribution in [0, 0.1) is 0 Å². The predicted octanol–water partition coefficient (Wildman–Crippen LogP) is 4.20. The highest BCUT2D eigenvalue weighted by atomic mass is 32.1. The van der Waals surface area contributed by atoms with Crippen molar-refractivity contribution in [2.24, 2.45) is 0 Å². The number of aromatic nitrogens is 2. The molecule has 0 spiro atoms. The Morgan fingerprint density at radius 1 is 0.943 bits per heavy atom. The molecule has 2 aliphatic rings. The van der Waals surface area contributed by atoms with Crippen LogP contribution in [0.4, 0.5) is 5.69 Å². The first-order valence-electron chi connectivity index (χ1n) is 12.9. The van der Waals surface area contributed by atoms with Crippen LogP contribution in [0.25, 0.3) is 21.0 Å². The molecule has 0 saturated carbocycles. The summed E-state index contributed by atoms with van der Waals surface area (Å²) in [6, 6.07) is 15.3. The van der Waals surface area contributed by atoms with Gasteiger partial charge in [0, 0.05) is 61.8 Å². The monoisotopic (exact) mass is 487 g/mol. The van der Waals surface area contributed by atoms with Crippen LogP contribution in [0.1, 0.15) is 23.8 Å². The zero-order chi connectivity index (χ0) is 23.8. The molecular formula is C28H33N5OS. The predicted molar refractivity (Wildman–Crippen MR) is 146 cm³/mol. The van der Waals surface area contributed by atoms with Gasteiger partial charge in [-0.3, -0.25) is 19.2 Å². The summed E-state index contributed by atoms with van der Waals surface area (Å²) in [4.78, 5) is 27.9. The molecule has 2 aromatic heterocycles. The van der Waals surface area contributed by atoms with Crippen molar-refractivity contribution in [2.75, 3.05) is 50.7 Å². The highest BCUT2D eigenvalue weighted by molar-refractivity contribution is 7.18. The van der Waals surface area contributed by atoms with Gasteiger partial charge in [0.05, 0.1) is 11.7 Å². The molecule has 4 aromatic rings. The zero-order valence-corrected chi connectivity index (χ0v) is 21.3. The van der Waals surface area contributed by atoms with Gasteiger partial charge in [-0.05, 0) is 42.9 Å². The molecule has 0 bridgehead atoms. The Bertz CT molecular complexity index is 1400. The molecule has 7 heteroatoms. The van der Waals surface area contributed by atoms with Crippen molar-refractivity contribution < 1.29 is 0 Å². The molecule has 6 nitrogen and oxygen atoms in total. The van der Waals surface area contributed by atoms with Gasteiger partial charge in [-0.15, -0.1) is 11.3 Å². The second-order valence-electron chi connectivity index (χ2n) is 9.73. The van der Waals surface area contributed by atoms with Gasteiger partial charge in [0.25, 0.3) is 5.56 Å². The topological polar surface area (TPSA) is 44.6 Å². The molecule has 0 amide bonds. The van der Waals surface area contributed by atoms with E-state index in [0.29, 0.717) is 6.54 Å². The van der Waals surface area contributed by atoms with Crippen LogP contribution in [0.3, 0.4) is 0 Å². The molecule has 182 valence electrons. The van der Waals surface area contributed by atoms with E-state index in [1.165, 1.54) is 26.9 Å². The Hall–Kier alpha value is -2.74. The number of hydrogen-bond donors (Lipinski definition) is 0. The number of rotatable bonds is 5. The van der Waals surface area contributed by atoms with Gasteiger partial charge in [-0.25, -0.2) is 4.98 Å². The minimum atomic E-state index is 0.137. The Labute approximate surface area is 210 Å². The second-order valence-corrected chi connectivity index (χ2v) is 10.8. The standard InChI is InChI=1S/C28H33N5OS/c1-2-30-14-11-25-23(19-30)26-27(35-25)29-20-33(28(26)34)18-16-31-12-6-13-32(17-15-31)24-10-5-8-21-7-3-4-9-22(21)24/h3-5,7-10,20H,2,6,11-19H2,1H3. The molecule has 2 aromatic carbocycles. The summed E-state index contributed by atoms with van der Waals surface area (Å²) in [6.07, 6.45) is 3.93. The maximum atomic E-state index is 13.4. The molecule has 0 N–H and O–H groups in total. The van der Waals surface area contributed by atoms with Crippen molar-refractivity contribution in [1.29, 1.82) is 0 Å². The van der Waals surface area contributed by atoms with Crippen molar-refractivity contribution in [3.05, 3.63) is 69.6 Å². The average Bonchev–Trinajstić information content (AvgIpc) is 3.11. The number of fused-ring (bicyclic) bond motifs is 4. The number of likely N-dealkylation sites (N-methyl/N-ethyl adjacent to an activating group) is 1. The molecule has 1 fully saturated rings. The van der Waals surface area contributed by atoms with Crippen LogP contribution in [0.15, 0.2) is 53.6 Å². The summed E-state index contributed by atoms with van der Waals surface area (Å²) in [5.41, 5.74) is 2.70. The minimum Gasteiger partial charge on any atom is -0.370 e. The van der Waals surface area contributed by atoms with E-state index in [1.807, 2.05) is 4.57 Å². The lowest BCUT2D eigenvalue weighted by atomic mass is 10.1. The van der Waals surface area contributed by atoms with Gasteiger partial charge in [0.15, 0.2) is 0 Å². The Morgan fingerprint density at radius 3 is 2.74 bits per heavy atom. The third-order valence-corrected chi connectivity index (χ3v) is 8.90. The van der Waals surface area contributed by atoms with E-state index in [0.717, 1.165) is 75.4 Å². The van der Waals surface area contributed by atoms with Crippen LogP contribution in [0.2, 0.25) is 0 Å².